The van der Waals surface area contributed by atoms with Gasteiger partial charge in [-0.25, -0.2) is 9.78 Å². The highest BCUT2D eigenvalue weighted by Gasteiger charge is 2.22. The Balaban J connectivity index is 1.69. The molecule has 142 valence electrons. The van der Waals surface area contributed by atoms with E-state index in [1.165, 1.54) is 4.90 Å². The first-order valence-electron chi connectivity index (χ1n) is 9.40. The van der Waals surface area contributed by atoms with Crippen LogP contribution in [0.2, 0.25) is 0 Å². The van der Waals surface area contributed by atoms with Crippen LogP contribution in [0.15, 0.2) is 55.0 Å². The highest BCUT2D eigenvalue weighted by Crippen LogP contribution is 2.31. The second kappa shape index (κ2) is 7.68. The lowest BCUT2D eigenvalue weighted by Crippen LogP contribution is -2.40. The van der Waals surface area contributed by atoms with Gasteiger partial charge >= 0.3 is 6.03 Å². The Hall–Kier alpha value is -3.41. The maximum atomic E-state index is 11.6. The summed E-state index contributed by atoms with van der Waals surface area (Å²) >= 11 is 0. The first-order chi connectivity index (χ1) is 13.7. The van der Waals surface area contributed by atoms with Gasteiger partial charge in [0.15, 0.2) is 0 Å². The van der Waals surface area contributed by atoms with Crippen LogP contribution in [0.5, 0.6) is 5.75 Å². The fraction of sp³-hybridized carbons (Fsp3) is 0.227. The van der Waals surface area contributed by atoms with Crippen molar-refractivity contribution in [2.24, 2.45) is 5.73 Å². The summed E-state index contributed by atoms with van der Waals surface area (Å²) < 4.78 is 5.60. The van der Waals surface area contributed by atoms with Gasteiger partial charge in [-0.1, -0.05) is 12.1 Å². The van der Waals surface area contributed by atoms with Gasteiger partial charge in [-0.2, -0.15) is 0 Å². The lowest BCUT2D eigenvalue weighted by atomic mass is 9.99. The number of carbonyl (C=O) groups is 1. The zero-order valence-corrected chi connectivity index (χ0v) is 15.8. The number of primary amides is 1. The van der Waals surface area contributed by atoms with Gasteiger partial charge < -0.3 is 10.5 Å². The molecule has 0 saturated heterocycles. The Labute approximate surface area is 164 Å². The van der Waals surface area contributed by atoms with Crippen molar-refractivity contribution in [1.82, 2.24) is 9.97 Å². The molecular formula is C22H22N4O2. The number of hydrogen-bond acceptors (Lipinski definition) is 4. The predicted octanol–water partition coefficient (Wildman–Crippen LogP) is 4.04. The smallest absolute Gasteiger partial charge is 0.320 e. The second-order valence-corrected chi connectivity index (χ2v) is 6.72. The highest BCUT2D eigenvalue weighted by atomic mass is 16.5. The maximum Gasteiger partial charge on any atom is 0.320 e. The minimum Gasteiger partial charge on any atom is -0.494 e. The van der Waals surface area contributed by atoms with Crippen molar-refractivity contribution in [3.8, 4) is 28.0 Å². The number of pyridine rings is 2. The number of nitrogens with two attached hydrogens (primary N) is 1. The summed E-state index contributed by atoms with van der Waals surface area (Å²) in [4.78, 5) is 22.1. The van der Waals surface area contributed by atoms with Crippen LogP contribution < -0.4 is 15.4 Å². The topological polar surface area (TPSA) is 81.3 Å². The number of rotatable bonds is 4. The van der Waals surface area contributed by atoms with Crippen LogP contribution in [-0.4, -0.2) is 29.2 Å². The Kier molecular flexibility index (Phi) is 4.93. The molecule has 1 aliphatic rings. The fourth-order valence-corrected chi connectivity index (χ4v) is 3.52. The molecule has 0 aliphatic carbocycles. The molecule has 0 bridgehead atoms. The van der Waals surface area contributed by atoms with E-state index in [2.05, 4.69) is 22.1 Å². The van der Waals surface area contributed by atoms with Gasteiger partial charge in [0.05, 0.1) is 6.61 Å². The van der Waals surface area contributed by atoms with Gasteiger partial charge in [0, 0.05) is 41.8 Å². The third kappa shape index (κ3) is 3.53. The number of aromatic nitrogens is 2. The fourth-order valence-electron chi connectivity index (χ4n) is 3.52. The Morgan fingerprint density at radius 2 is 1.89 bits per heavy atom. The quantitative estimate of drug-likeness (QED) is 0.747. The highest BCUT2D eigenvalue weighted by molar-refractivity contribution is 5.91. The van der Waals surface area contributed by atoms with E-state index in [9.17, 15) is 4.79 Å². The molecule has 6 heteroatoms. The molecule has 0 radical (unpaired) electrons. The molecule has 2 amide bonds. The van der Waals surface area contributed by atoms with Crippen molar-refractivity contribution in [3.05, 3.63) is 60.6 Å². The minimum absolute atomic E-state index is 0.459. The van der Waals surface area contributed by atoms with Crippen LogP contribution in [-0.2, 0) is 6.42 Å². The van der Waals surface area contributed by atoms with E-state index >= 15 is 0 Å². The maximum absolute atomic E-state index is 11.6. The molecule has 3 heterocycles. The van der Waals surface area contributed by atoms with Crippen LogP contribution in [0, 0.1) is 0 Å². The molecule has 0 unspecified atom stereocenters. The van der Waals surface area contributed by atoms with Crippen molar-refractivity contribution in [1.29, 1.82) is 0 Å². The van der Waals surface area contributed by atoms with E-state index in [4.69, 9.17) is 10.5 Å². The summed E-state index contributed by atoms with van der Waals surface area (Å²) in [5, 5.41) is 0. The molecule has 0 atom stereocenters. The van der Waals surface area contributed by atoms with Gasteiger partial charge in [0.1, 0.15) is 11.6 Å². The van der Waals surface area contributed by atoms with E-state index in [0.29, 0.717) is 19.0 Å². The summed E-state index contributed by atoms with van der Waals surface area (Å²) in [5.74, 6) is 1.50. The number of amides is 2. The third-order valence-corrected chi connectivity index (χ3v) is 4.84. The first-order valence-corrected chi connectivity index (χ1v) is 9.40. The molecule has 1 aliphatic heterocycles. The van der Waals surface area contributed by atoms with Crippen molar-refractivity contribution < 1.29 is 9.53 Å². The predicted molar refractivity (Wildman–Crippen MR) is 109 cm³/mol. The van der Waals surface area contributed by atoms with Crippen LogP contribution in [0.4, 0.5) is 10.6 Å². The minimum atomic E-state index is -0.459. The van der Waals surface area contributed by atoms with E-state index in [0.717, 1.165) is 46.4 Å². The zero-order valence-electron chi connectivity index (χ0n) is 15.8. The second-order valence-electron chi connectivity index (χ2n) is 6.72. The Morgan fingerprint density at radius 3 is 2.68 bits per heavy atom. The molecule has 2 aromatic heterocycles. The number of ether oxygens (including phenoxy) is 1. The summed E-state index contributed by atoms with van der Waals surface area (Å²) in [6.45, 7) is 3.21. The number of hydrogen-bond donors (Lipinski definition) is 1. The number of fused-ring (bicyclic) bond motifs is 1. The molecule has 1 aromatic carbocycles. The number of anilines is 1. The standard InChI is InChI=1S/C22H22N4O2/c1-2-28-20-7-3-5-15(11-20)17-10-18(13-24-12-17)19-9-16-6-4-8-26(22(23)27)21(16)25-14-19/h3,5,7,9-14H,2,4,6,8H2,1H3,(H2,23,27). The zero-order chi connectivity index (χ0) is 19.5. The molecule has 3 aromatic rings. The average molecular weight is 374 g/mol. The first kappa shape index (κ1) is 18.0. The van der Waals surface area contributed by atoms with Crippen molar-refractivity contribution in [2.45, 2.75) is 19.8 Å². The number of aryl methyl sites for hydroxylation is 1. The lowest BCUT2D eigenvalue weighted by Gasteiger charge is -2.26. The van der Waals surface area contributed by atoms with Gasteiger partial charge in [-0.3, -0.25) is 9.88 Å². The molecule has 0 spiro atoms. The molecule has 6 nitrogen and oxygen atoms in total. The Morgan fingerprint density at radius 1 is 1.11 bits per heavy atom. The number of benzene rings is 1. The Bertz CT molecular complexity index is 1020. The van der Waals surface area contributed by atoms with Crippen molar-refractivity contribution in [3.63, 3.8) is 0 Å². The summed E-state index contributed by atoms with van der Waals surface area (Å²) in [7, 11) is 0. The molecule has 28 heavy (non-hydrogen) atoms. The SMILES string of the molecule is CCOc1cccc(-c2cncc(-c3cnc4c(c3)CCCN4C(N)=O)c2)c1. The van der Waals surface area contributed by atoms with Crippen LogP contribution in [0.25, 0.3) is 22.3 Å². The van der Waals surface area contributed by atoms with Crippen molar-refractivity contribution in [2.75, 3.05) is 18.1 Å². The van der Waals surface area contributed by atoms with Crippen LogP contribution >= 0.6 is 0 Å². The molecular weight excluding hydrogens is 352 g/mol. The summed E-state index contributed by atoms with van der Waals surface area (Å²) in [6.07, 6.45) is 7.20. The molecule has 2 N–H and O–H groups in total. The van der Waals surface area contributed by atoms with Crippen LogP contribution in [0.1, 0.15) is 18.9 Å². The van der Waals surface area contributed by atoms with Crippen molar-refractivity contribution >= 4 is 11.8 Å². The molecule has 0 fully saturated rings. The molecule has 4 rings (SSSR count). The van der Waals surface area contributed by atoms with Crippen LogP contribution in [0.3, 0.4) is 0 Å². The van der Waals surface area contributed by atoms with E-state index in [1.54, 1.807) is 6.20 Å². The van der Waals surface area contributed by atoms with E-state index < -0.39 is 6.03 Å². The largest absolute Gasteiger partial charge is 0.494 e. The number of urea groups is 1. The summed E-state index contributed by atoms with van der Waals surface area (Å²) in [5.41, 5.74) is 10.5. The van der Waals surface area contributed by atoms with Gasteiger partial charge in [-0.05, 0) is 55.2 Å². The van der Waals surface area contributed by atoms with Gasteiger partial charge in [0.25, 0.3) is 0 Å². The summed E-state index contributed by atoms with van der Waals surface area (Å²) in [6, 6.07) is 11.7. The average Bonchev–Trinajstić information content (AvgIpc) is 2.73. The number of nitrogens with zero attached hydrogens (tertiary/aromatic N) is 3. The van der Waals surface area contributed by atoms with E-state index in [-0.39, 0.29) is 0 Å². The van der Waals surface area contributed by atoms with E-state index in [1.807, 2.05) is 43.6 Å². The normalized spacial score (nSPS) is 13.1. The number of carbonyl (C=O) groups excluding carboxylic acids is 1. The third-order valence-electron chi connectivity index (χ3n) is 4.84. The van der Waals surface area contributed by atoms with Gasteiger partial charge in [0.2, 0.25) is 0 Å². The molecule has 0 saturated carbocycles. The monoisotopic (exact) mass is 374 g/mol. The van der Waals surface area contributed by atoms with Gasteiger partial charge in [-0.15, -0.1) is 0 Å². The lowest BCUT2D eigenvalue weighted by molar-refractivity contribution is 0.253.